The van der Waals surface area contributed by atoms with Crippen molar-refractivity contribution in [2.24, 2.45) is 0 Å². The Labute approximate surface area is 210 Å². The normalized spacial score (nSPS) is 19.9. The van der Waals surface area contributed by atoms with E-state index in [-0.39, 0.29) is 11.8 Å². The third kappa shape index (κ3) is 4.67. The number of carbonyl (C=O) groups excluding carboxylic acids is 2. The van der Waals surface area contributed by atoms with Gasteiger partial charge in [-0.05, 0) is 81.0 Å². The van der Waals surface area contributed by atoms with Gasteiger partial charge in [0.25, 0.3) is 5.91 Å². The third-order valence-corrected chi connectivity index (χ3v) is 7.43. The summed E-state index contributed by atoms with van der Waals surface area (Å²) in [5.74, 6) is 0.367. The van der Waals surface area contributed by atoms with Crippen molar-refractivity contribution >= 4 is 23.4 Å². The van der Waals surface area contributed by atoms with Crippen molar-refractivity contribution in [2.45, 2.75) is 57.7 Å². The van der Waals surface area contributed by atoms with Crippen LogP contribution in [0.15, 0.2) is 70.9 Å². The molecule has 0 saturated carbocycles. The second-order valence-electron chi connectivity index (χ2n) is 9.57. The van der Waals surface area contributed by atoms with Gasteiger partial charge in [0.2, 0.25) is 5.91 Å². The number of amides is 2. The Kier molecular flexibility index (Phi) is 6.56. The summed E-state index contributed by atoms with van der Waals surface area (Å²) in [6.07, 6.45) is 9.28. The van der Waals surface area contributed by atoms with Gasteiger partial charge < -0.3 is 19.2 Å². The smallest absolute Gasteiger partial charge is 0.271 e. The molecule has 0 fully saturated rings. The predicted octanol–water partition coefficient (Wildman–Crippen LogP) is 5.82. The predicted molar refractivity (Wildman–Crippen MR) is 136 cm³/mol. The summed E-state index contributed by atoms with van der Waals surface area (Å²) in [6, 6.07) is 14.8. The Morgan fingerprint density at radius 2 is 1.91 bits per heavy atom. The molecule has 6 nitrogen and oxygen atoms in total. The topological polar surface area (TPSA) is 67.5 Å². The lowest BCUT2D eigenvalue weighted by Gasteiger charge is -2.44. The Bertz CT molecular complexity index is 1240. The first-order chi connectivity index (χ1) is 17.0. The van der Waals surface area contributed by atoms with Crippen molar-refractivity contribution in [1.82, 2.24) is 14.8 Å². The molecule has 1 aliphatic carbocycles. The Hall–Kier alpha value is -3.25. The molecule has 182 valence electrons. The van der Waals surface area contributed by atoms with Crippen LogP contribution in [-0.2, 0) is 17.9 Å². The van der Waals surface area contributed by atoms with Gasteiger partial charge >= 0.3 is 0 Å². The minimum Gasteiger partial charge on any atom is -0.463 e. The van der Waals surface area contributed by atoms with Crippen molar-refractivity contribution in [3.05, 3.63) is 82.7 Å². The SMILES string of the molecule is C[C@@]1(C(=O)NCc2ccc(Cl)cc2)Cn2c(ccc2-c2ccco2)C(=O)N1CCC1=CCCCC1. The van der Waals surface area contributed by atoms with Gasteiger partial charge in [0, 0.05) is 18.1 Å². The van der Waals surface area contributed by atoms with Crippen LogP contribution in [-0.4, -0.2) is 33.4 Å². The van der Waals surface area contributed by atoms with E-state index in [4.69, 9.17) is 16.0 Å². The molecule has 0 bridgehead atoms. The average Bonchev–Trinajstić information content (AvgIpc) is 3.54. The maximum Gasteiger partial charge on any atom is 0.271 e. The second-order valence-corrected chi connectivity index (χ2v) is 10.0. The lowest BCUT2D eigenvalue weighted by molar-refractivity contribution is -0.133. The van der Waals surface area contributed by atoms with Gasteiger partial charge in [-0.2, -0.15) is 0 Å². The van der Waals surface area contributed by atoms with Crippen LogP contribution in [0.2, 0.25) is 5.02 Å². The summed E-state index contributed by atoms with van der Waals surface area (Å²) >= 11 is 6.00. The number of aromatic nitrogens is 1. The van der Waals surface area contributed by atoms with E-state index in [1.54, 1.807) is 23.3 Å². The number of fused-ring (bicyclic) bond motifs is 1. The summed E-state index contributed by atoms with van der Waals surface area (Å²) in [5, 5.41) is 3.72. The maximum absolute atomic E-state index is 13.8. The Morgan fingerprint density at radius 3 is 2.63 bits per heavy atom. The number of benzene rings is 1. The quantitative estimate of drug-likeness (QED) is 0.423. The molecule has 1 aliphatic heterocycles. The van der Waals surface area contributed by atoms with E-state index >= 15 is 0 Å². The summed E-state index contributed by atoms with van der Waals surface area (Å²) < 4.78 is 7.53. The van der Waals surface area contributed by atoms with Crippen LogP contribution in [0.4, 0.5) is 0 Å². The summed E-state index contributed by atoms with van der Waals surface area (Å²) in [5.41, 5.74) is 2.66. The summed E-state index contributed by atoms with van der Waals surface area (Å²) in [6.45, 7) is 3.09. The number of allylic oxidation sites excluding steroid dienone is 1. The fraction of sp³-hybridized carbons (Fsp3) is 0.357. The molecule has 1 N–H and O–H groups in total. The molecule has 5 rings (SSSR count). The van der Waals surface area contributed by atoms with Crippen molar-refractivity contribution < 1.29 is 14.0 Å². The van der Waals surface area contributed by atoms with E-state index in [1.165, 1.54) is 18.4 Å². The minimum atomic E-state index is -1.05. The van der Waals surface area contributed by atoms with Crippen LogP contribution in [0.3, 0.4) is 0 Å². The summed E-state index contributed by atoms with van der Waals surface area (Å²) in [4.78, 5) is 29.2. The van der Waals surface area contributed by atoms with Crippen LogP contribution in [0, 0.1) is 0 Å². The van der Waals surface area contributed by atoms with Crippen LogP contribution < -0.4 is 5.32 Å². The van der Waals surface area contributed by atoms with Crippen LogP contribution in [0.5, 0.6) is 0 Å². The first kappa shape index (κ1) is 23.5. The molecule has 1 atom stereocenters. The molecule has 35 heavy (non-hydrogen) atoms. The number of nitrogens with one attached hydrogen (secondary N) is 1. The third-order valence-electron chi connectivity index (χ3n) is 7.18. The molecular weight excluding hydrogens is 462 g/mol. The molecular formula is C28H30ClN3O3. The highest BCUT2D eigenvalue weighted by molar-refractivity contribution is 6.30. The van der Waals surface area contributed by atoms with E-state index in [2.05, 4.69) is 11.4 Å². The van der Waals surface area contributed by atoms with Gasteiger partial charge in [-0.3, -0.25) is 9.59 Å². The van der Waals surface area contributed by atoms with Gasteiger partial charge in [0.1, 0.15) is 17.0 Å². The number of furan rings is 1. The largest absolute Gasteiger partial charge is 0.463 e. The average molecular weight is 492 g/mol. The molecule has 3 heterocycles. The monoisotopic (exact) mass is 491 g/mol. The zero-order chi connectivity index (χ0) is 24.4. The van der Waals surface area contributed by atoms with Gasteiger partial charge in [0.05, 0.1) is 18.5 Å². The van der Waals surface area contributed by atoms with Gasteiger partial charge in [0.15, 0.2) is 0 Å². The molecule has 7 heteroatoms. The van der Waals surface area contributed by atoms with E-state index in [1.807, 2.05) is 47.9 Å². The van der Waals surface area contributed by atoms with Crippen LogP contribution in [0.25, 0.3) is 11.5 Å². The van der Waals surface area contributed by atoms with Gasteiger partial charge in [-0.15, -0.1) is 0 Å². The molecule has 2 amide bonds. The zero-order valence-electron chi connectivity index (χ0n) is 19.9. The van der Waals surface area contributed by atoms with Crippen molar-refractivity contribution in [3.8, 4) is 11.5 Å². The lowest BCUT2D eigenvalue weighted by atomic mass is 9.92. The van der Waals surface area contributed by atoms with E-state index in [0.29, 0.717) is 36.1 Å². The molecule has 0 saturated heterocycles. The number of hydrogen-bond acceptors (Lipinski definition) is 3. The molecule has 0 radical (unpaired) electrons. The van der Waals surface area contributed by atoms with Crippen LogP contribution >= 0.6 is 11.6 Å². The van der Waals surface area contributed by atoms with Gasteiger partial charge in [-0.1, -0.05) is 35.4 Å². The maximum atomic E-state index is 13.8. The highest BCUT2D eigenvalue weighted by atomic mass is 35.5. The zero-order valence-corrected chi connectivity index (χ0v) is 20.7. The van der Waals surface area contributed by atoms with E-state index in [9.17, 15) is 9.59 Å². The fourth-order valence-corrected chi connectivity index (χ4v) is 5.25. The highest BCUT2D eigenvalue weighted by Gasteiger charge is 2.47. The molecule has 2 aliphatic rings. The Morgan fingerprint density at radius 1 is 1.11 bits per heavy atom. The molecule has 0 unspecified atom stereocenters. The molecule has 0 spiro atoms. The van der Waals surface area contributed by atoms with E-state index < -0.39 is 5.54 Å². The standard InChI is InChI=1S/C28H30ClN3O3/c1-28(27(34)30-18-21-9-11-22(29)12-10-21)19-31-23(25-8-5-17-35-25)13-14-24(31)26(33)32(28)16-15-20-6-3-2-4-7-20/h5-6,8-14,17H,2-4,7,15-16,18-19H2,1H3,(H,30,34)/t28-/m0/s1. The molecule has 2 aromatic heterocycles. The fourth-order valence-electron chi connectivity index (χ4n) is 5.12. The van der Waals surface area contributed by atoms with Crippen molar-refractivity contribution in [2.75, 3.05) is 6.54 Å². The number of hydrogen-bond donors (Lipinski definition) is 1. The first-order valence-corrected chi connectivity index (χ1v) is 12.6. The number of rotatable bonds is 7. The summed E-state index contributed by atoms with van der Waals surface area (Å²) in [7, 11) is 0. The second kappa shape index (κ2) is 9.78. The van der Waals surface area contributed by atoms with Crippen LogP contribution in [0.1, 0.15) is 55.1 Å². The Balaban J connectivity index is 1.44. The van der Waals surface area contributed by atoms with Gasteiger partial charge in [-0.25, -0.2) is 0 Å². The number of nitrogens with zero attached hydrogens (tertiary/aromatic N) is 2. The van der Waals surface area contributed by atoms with Crippen molar-refractivity contribution in [3.63, 3.8) is 0 Å². The number of halogens is 1. The first-order valence-electron chi connectivity index (χ1n) is 12.2. The molecule has 3 aromatic rings. The van der Waals surface area contributed by atoms with Crippen molar-refractivity contribution in [1.29, 1.82) is 0 Å². The molecule has 1 aromatic carbocycles. The minimum absolute atomic E-state index is 0.130. The lowest BCUT2D eigenvalue weighted by Crippen LogP contribution is -2.64. The number of carbonyl (C=O) groups is 2. The van der Waals surface area contributed by atoms with E-state index in [0.717, 1.165) is 30.5 Å². The highest BCUT2D eigenvalue weighted by Crippen LogP contribution is 2.34.